The Hall–Kier alpha value is -1.42. The van der Waals surface area contributed by atoms with E-state index >= 15 is 0 Å². The van der Waals surface area contributed by atoms with Crippen molar-refractivity contribution in [2.24, 2.45) is 0 Å². The van der Waals surface area contributed by atoms with Crippen molar-refractivity contribution in [1.82, 2.24) is 4.90 Å². The lowest BCUT2D eigenvalue weighted by molar-refractivity contribution is -0.117. The number of amides is 1. The molecular formula is C11H13N3O2S. The highest BCUT2D eigenvalue weighted by molar-refractivity contribution is 7.14. The van der Waals surface area contributed by atoms with Gasteiger partial charge in [0.15, 0.2) is 0 Å². The zero-order chi connectivity index (χ0) is 12.3. The molecule has 2 N–H and O–H groups in total. The molecule has 0 spiro atoms. The van der Waals surface area contributed by atoms with Gasteiger partial charge in [-0.1, -0.05) is 0 Å². The predicted octanol–water partition coefficient (Wildman–Crippen LogP) is 0.625. The van der Waals surface area contributed by atoms with Crippen molar-refractivity contribution < 1.29 is 9.90 Å². The molecule has 1 fully saturated rings. The largest absolute Gasteiger partial charge is 0.390 e. The molecule has 1 aromatic heterocycles. The molecule has 0 saturated carbocycles. The van der Waals surface area contributed by atoms with Crippen LogP contribution in [0.4, 0.5) is 5.00 Å². The topological polar surface area (TPSA) is 76.4 Å². The molecule has 1 aliphatic heterocycles. The van der Waals surface area contributed by atoms with Crippen molar-refractivity contribution in [2.75, 3.05) is 25.0 Å². The number of β-amino-alcohol motifs (C(OH)–C–C–N with tert-alkyl or cyclic N) is 1. The van der Waals surface area contributed by atoms with Gasteiger partial charge in [0.1, 0.15) is 11.1 Å². The van der Waals surface area contributed by atoms with Crippen LogP contribution in [0.5, 0.6) is 0 Å². The van der Waals surface area contributed by atoms with E-state index in [0.29, 0.717) is 36.6 Å². The highest BCUT2D eigenvalue weighted by Gasteiger charge is 2.24. The van der Waals surface area contributed by atoms with E-state index in [1.807, 2.05) is 11.0 Å². The molecule has 0 aliphatic carbocycles. The minimum absolute atomic E-state index is 0.0923. The van der Waals surface area contributed by atoms with Gasteiger partial charge in [-0.2, -0.15) is 5.26 Å². The van der Waals surface area contributed by atoms with E-state index < -0.39 is 0 Å². The molecule has 6 heteroatoms. The first kappa shape index (κ1) is 12.0. The van der Waals surface area contributed by atoms with Crippen molar-refractivity contribution in [3.63, 3.8) is 0 Å². The van der Waals surface area contributed by atoms with Gasteiger partial charge in [-0.3, -0.25) is 9.69 Å². The van der Waals surface area contributed by atoms with E-state index in [2.05, 4.69) is 5.32 Å². The number of thiophene rings is 1. The summed E-state index contributed by atoms with van der Waals surface area (Å²) in [6.07, 6.45) is 0.149. The molecular weight excluding hydrogens is 238 g/mol. The minimum Gasteiger partial charge on any atom is -0.390 e. The third-order valence-corrected chi connectivity index (χ3v) is 3.46. The summed E-state index contributed by atoms with van der Waals surface area (Å²) in [6, 6.07) is 3.71. The van der Waals surface area contributed by atoms with Crippen molar-refractivity contribution >= 4 is 22.2 Å². The molecule has 0 atom stereocenters. The van der Waals surface area contributed by atoms with Gasteiger partial charge < -0.3 is 10.4 Å². The fraction of sp³-hybridized carbons (Fsp3) is 0.455. The van der Waals surface area contributed by atoms with E-state index in [0.717, 1.165) is 0 Å². The number of likely N-dealkylation sites (tertiary alicyclic amines) is 1. The van der Waals surface area contributed by atoms with Crippen LogP contribution in [0.2, 0.25) is 0 Å². The molecule has 2 rings (SSSR count). The van der Waals surface area contributed by atoms with Crippen LogP contribution in [-0.2, 0) is 4.79 Å². The Labute approximate surface area is 103 Å². The fourth-order valence-corrected chi connectivity index (χ4v) is 2.42. The molecule has 5 nitrogen and oxygen atoms in total. The van der Waals surface area contributed by atoms with Crippen LogP contribution in [0.1, 0.15) is 12.0 Å². The van der Waals surface area contributed by atoms with Crippen LogP contribution in [-0.4, -0.2) is 41.7 Å². The Morgan fingerprint density at radius 1 is 1.71 bits per heavy atom. The molecule has 1 aromatic rings. The van der Waals surface area contributed by atoms with E-state index in [-0.39, 0.29) is 12.0 Å². The van der Waals surface area contributed by atoms with Gasteiger partial charge >= 0.3 is 0 Å². The minimum atomic E-state index is -0.236. The summed E-state index contributed by atoms with van der Waals surface area (Å²) in [7, 11) is 0. The van der Waals surface area contributed by atoms with Gasteiger partial charge in [0, 0.05) is 26.1 Å². The zero-order valence-electron chi connectivity index (χ0n) is 9.22. The molecule has 1 saturated heterocycles. The Morgan fingerprint density at radius 3 is 3.12 bits per heavy atom. The van der Waals surface area contributed by atoms with Crippen LogP contribution >= 0.6 is 11.3 Å². The van der Waals surface area contributed by atoms with Gasteiger partial charge in [0.2, 0.25) is 5.91 Å². The summed E-state index contributed by atoms with van der Waals surface area (Å²) in [5.41, 5.74) is 0.503. The van der Waals surface area contributed by atoms with Crippen molar-refractivity contribution in [2.45, 2.75) is 12.5 Å². The molecule has 1 amide bonds. The third-order valence-electron chi connectivity index (χ3n) is 2.63. The number of hydrogen-bond donors (Lipinski definition) is 2. The lowest BCUT2D eigenvalue weighted by Crippen LogP contribution is -2.51. The first-order valence-corrected chi connectivity index (χ1v) is 6.25. The second kappa shape index (κ2) is 5.27. The summed E-state index contributed by atoms with van der Waals surface area (Å²) >= 11 is 1.35. The quantitative estimate of drug-likeness (QED) is 0.822. The number of carbonyl (C=O) groups excluding carboxylic acids is 1. The van der Waals surface area contributed by atoms with Crippen molar-refractivity contribution in [3.05, 3.63) is 17.0 Å². The normalized spacial score (nSPS) is 16.2. The highest BCUT2D eigenvalue weighted by atomic mass is 32.1. The Kier molecular flexibility index (Phi) is 3.74. The Bertz CT molecular complexity index is 446. The average Bonchev–Trinajstić information content (AvgIpc) is 2.70. The van der Waals surface area contributed by atoms with E-state index in [4.69, 9.17) is 10.4 Å². The lowest BCUT2D eigenvalue weighted by Gasteiger charge is -2.35. The van der Waals surface area contributed by atoms with Crippen molar-refractivity contribution in [3.8, 4) is 6.07 Å². The number of anilines is 1. The van der Waals surface area contributed by atoms with Crippen LogP contribution in [0.3, 0.4) is 0 Å². The van der Waals surface area contributed by atoms with Crippen molar-refractivity contribution in [1.29, 1.82) is 5.26 Å². The number of aliphatic hydroxyl groups excluding tert-OH is 1. The summed E-state index contributed by atoms with van der Waals surface area (Å²) in [5, 5.41) is 23.0. The number of hydrogen-bond acceptors (Lipinski definition) is 5. The maximum Gasteiger partial charge on any atom is 0.226 e. The van der Waals surface area contributed by atoms with Gasteiger partial charge in [-0.25, -0.2) is 0 Å². The molecule has 2 heterocycles. The smallest absolute Gasteiger partial charge is 0.226 e. The molecule has 90 valence electrons. The van der Waals surface area contributed by atoms with E-state index in [1.165, 1.54) is 11.3 Å². The predicted molar refractivity (Wildman–Crippen MR) is 64.7 cm³/mol. The molecule has 0 aromatic carbocycles. The first-order chi connectivity index (χ1) is 8.19. The van der Waals surface area contributed by atoms with Gasteiger partial charge in [0.25, 0.3) is 0 Å². The molecule has 0 bridgehead atoms. The number of carbonyl (C=O) groups is 1. The van der Waals surface area contributed by atoms with Crippen LogP contribution < -0.4 is 5.32 Å². The van der Waals surface area contributed by atoms with Gasteiger partial charge in [-0.05, 0) is 11.4 Å². The standard InChI is InChI=1S/C11H13N3O2S/c12-5-8-2-4-17-11(8)13-10(16)1-3-14-6-9(15)7-14/h2,4,9,15H,1,3,6-7H2,(H,13,16). The van der Waals surface area contributed by atoms with Crippen LogP contribution in [0.25, 0.3) is 0 Å². The SMILES string of the molecule is N#Cc1ccsc1NC(=O)CCN1CC(O)C1. The number of nitrogens with zero attached hydrogens (tertiary/aromatic N) is 2. The number of aliphatic hydroxyl groups is 1. The lowest BCUT2D eigenvalue weighted by atomic mass is 10.1. The average molecular weight is 251 g/mol. The summed E-state index contributed by atoms with van der Waals surface area (Å²) in [6.45, 7) is 1.95. The summed E-state index contributed by atoms with van der Waals surface area (Å²) in [5.74, 6) is -0.0923. The molecule has 17 heavy (non-hydrogen) atoms. The fourth-order valence-electron chi connectivity index (χ4n) is 1.67. The maximum absolute atomic E-state index is 11.6. The van der Waals surface area contributed by atoms with E-state index in [9.17, 15) is 4.79 Å². The Balaban J connectivity index is 1.76. The van der Waals surface area contributed by atoms with Gasteiger partial charge in [0.05, 0.1) is 11.7 Å². The monoisotopic (exact) mass is 251 g/mol. The summed E-state index contributed by atoms with van der Waals surface area (Å²) < 4.78 is 0. The number of nitrogens with one attached hydrogen (secondary N) is 1. The van der Waals surface area contributed by atoms with Crippen LogP contribution in [0, 0.1) is 11.3 Å². The number of nitriles is 1. The number of rotatable bonds is 4. The first-order valence-electron chi connectivity index (χ1n) is 5.37. The maximum atomic E-state index is 11.6. The second-order valence-corrected chi connectivity index (χ2v) is 4.90. The van der Waals surface area contributed by atoms with E-state index in [1.54, 1.807) is 11.4 Å². The second-order valence-electron chi connectivity index (χ2n) is 3.99. The highest BCUT2D eigenvalue weighted by Crippen LogP contribution is 2.22. The molecule has 0 radical (unpaired) electrons. The zero-order valence-corrected chi connectivity index (χ0v) is 10.0. The van der Waals surface area contributed by atoms with Gasteiger partial charge in [-0.15, -0.1) is 11.3 Å². The Morgan fingerprint density at radius 2 is 2.47 bits per heavy atom. The van der Waals surface area contributed by atoms with Crippen LogP contribution in [0.15, 0.2) is 11.4 Å². The molecule has 1 aliphatic rings. The molecule has 0 unspecified atom stereocenters. The third kappa shape index (κ3) is 3.03. The summed E-state index contributed by atoms with van der Waals surface area (Å²) in [4.78, 5) is 13.6.